The summed E-state index contributed by atoms with van der Waals surface area (Å²) >= 11 is 12.3. The van der Waals surface area contributed by atoms with Gasteiger partial charge in [0.25, 0.3) is 0 Å². The predicted molar refractivity (Wildman–Crippen MR) is 122 cm³/mol. The quantitative estimate of drug-likeness (QED) is 0.253. The molecule has 2 N–H and O–H groups in total. The summed E-state index contributed by atoms with van der Waals surface area (Å²) in [4.78, 5) is 24.0. The van der Waals surface area contributed by atoms with Crippen molar-refractivity contribution in [1.82, 2.24) is 5.43 Å². The molecule has 0 spiro atoms. The van der Waals surface area contributed by atoms with E-state index in [9.17, 15) is 9.59 Å². The first-order chi connectivity index (χ1) is 14.8. The minimum atomic E-state index is -0.586. The Morgan fingerprint density at radius 1 is 1.16 bits per heavy atom. The minimum Gasteiger partial charge on any atom is -0.490 e. The van der Waals surface area contributed by atoms with E-state index in [0.29, 0.717) is 34.4 Å². The third-order valence-corrected chi connectivity index (χ3v) is 4.50. The first-order valence-corrected chi connectivity index (χ1v) is 10.00. The van der Waals surface area contributed by atoms with Gasteiger partial charge in [0.1, 0.15) is 13.0 Å². The average Bonchev–Trinajstić information content (AvgIpc) is 2.70. The second-order valence-electron chi connectivity index (χ2n) is 6.24. The molecule has 2 rings (SSSR count). The highest BCUT2D eigenvalue weighted by atomic mass is 35.5. The molecule has 0 bridgehead atoms. The van der Waals surface area contributed by atoms with E-state index in [1.54, 1.807) is 30.3 Å². The molecule has 7 nitrogen and oxygen atoms in total. The predicted octanol–water partition coefficient (Wildman–Crippen LogP) is 4.19. The normalized spacial score (nSPS) is 10.4. The van der Waals surface area contributed by atoms with Crippen LogP contribution in [0.4, 0.5) is 5.69 Å². The van der Waals surface area contributed by atoms with E-state index < -0.39 is 18.2 Å². The largest absolute Gasteiger partial charge is 0.490 e. The summed E-state index contributed by atoms with van der Waals surface area (Å²) in [5.41, 5.74) is 4.23. The van der Waals surface area contributed by atoms with E-state index in [4.69, 9.17) is 39.1 Å². The zero-order valence-corrected chi connectivity index (χ0v) is 18.5. The van der Waals surface area contributed by atoms with Gasteiger partial charge in [-0.1, -0.05) is 35.2 Å². The second-order valence-corrected chi connectivity index (χ2v) is 7.05. The number of amides is 2. The first-order valence-electron chi connectivity index (χ1n) is 9.24. The lowest BCUT2D eigenvalue weighted by Gasteiger charge is -2.12. The van der Waals surface area contributed by atoms with Crippen molar-refractivity contribution in [1.29, 1.82) is 0 Å². The smallest absolute Gasteiger partial charge is 0.249 e. The van der Waals surface area contributed by atoms with Crippen LogP contribution in [0.25, 0.3) is 0 Å². The van der Waals surface area contributed by atoms with Gasteiger partial charge in [0.2, 0.25) is 11.8 Å². The Morgan fingerprint density at radius 3 is 2.61 bits per heavy atom. The molecule has 0 fully saturated rings. The van der Waals surface area contributed by atoms with Crippen LogP contribution in [0.1, 0.15) is 24.5 Å². The van der Waals surface area contributed by atoms with Crippen molar-refractivity contribution in [3.63, 3.8) is 0 Å². The zero-order valence-electron chi connectivity index (χ0n) is 17.0. The Balaban J connectivity index is 1.96. The summed E-state index contributed by atoms with van der Waals surface area (Å²) in [5, 5.41) is 7.25. The van der Waals surface area contributed by atoms with E-state index in [-0.39, 0.29) is 11.6 Å². The SMILES string of the molecule is C#CCOc1c(Cl)cc(C=NNC(=O)CC(=O)Nc2ccc(C)c(Cl)c2)cc1OCC. The minimum absolute atomic E-state index is 0.0418. The molecule has 0 aliphatic heterocycles. The molecule has 0 atom stereocenters. The number of carbonyl (C=O) groups excluding carboxylic acids is 2. The summed E-state index contributed by atoms with van der Waals surface area (Å²) in [7, 11) is 0. The molecule has 31 heavy (non-hydrogen) atoms. The van der Waals surface area contributed by atoms with E-state index in [1.807, 2.05) is 13.8 Å². The van der Waals surface area contributed by atoms with Crippen molar-refractivity contribution in [2.45, 2.75) is 20.3 Å². The van der Waals surface area contributed by atoms with Crippen molar-refractivity contribution in [2.75, 3.05) is 18.5 Å². The van der Waals surface area contributed by atoms with Gasteiger partial charge < -0.3 is 14.8 Å². The number of halogens is 2. The topological polar surface area (TPSA) is 89.0 Å². The number of terminal acetylenes is 1. The van der Waals surface area contributed by atoms with Crippen molar-refractivity contribution in [3.05, 3.63) is 51.5 Å². The number of benzene rings is 2. The third kappa shape index (κ3) is 7.52. The fourth-order valence-electron chi connectivity index (χ4n) is 2.42. The standard InChI is InChI=1S/C22H21Cl2N3O4/c1-4-8-31-22-18(24)9-15(10-19(22)30-5-2)13-25-27-21(29)12-20(28)26-16-7-6-14(3)17(23)11-16/h1,6-7,9-11,13H,5,8,12H2,2-3H3,(H,26,28)(H,27,29). The fraction of sp³-hybridized carbons (Fsp3) is 0.227. The lowest BCUT2D eigenvalue weighted by Crippen LogP contribution is -2.24. The van der Waals surface area contributed by atoms with Gasteiger partial charge in [0.05, 0.1) is 17.8 Å². The lowest BCUT2D eigenvalue weighted by atomic mass is 10.2. The van der Waals surface area contributed by atoms with Crippen LogP contribution >= 0.6 is 23.2 Å². The monoisotopic (exact) mass is 461 g/mol. The molecule has 0 radical (unpaired) electrons. The number of rotatable bonds is 9. The summed E-state index contributed by atoms with van der Waals surface area (Å²) in [5.74, 6) is 2.01. The molecule has 2 amide bonds. The Hall–Kier alpha value is -3.21. The van der Waals surface area contributed by atoms with Crippen LogP contribution in [0.2, 0.25) is 10.0 Å². The van der Waals surface area contributed by atoms with Crippen LogP contribution in [0.15, 0.2) is 35.4 Å². The number of hydrazone groups is 1. The van der Waals surface area contributed by atoms with Gasteiger partial charge in [-0.05, 0) is 49.2 Å². The van der Waals surface area contributed by atoms with Gasteiger partial charge in [0.15, 0.2) is 11.5 Å². The fourth-order valence-corrected chi connectivity index (χ4v) is 2.87. The Bertz CT molecular complexity index is 1030. The molecule has 2 aromatic carbocycles. The van der Waals surface area contributed by atoms with E-state index in [2.05, 4.69) is 21.8 Å². The number of aryl methyl sites for hydroxylation is 1. The number of ether oxygens (including phenoxy) is 2. The van der Waals surface area contributed by atoms with Gasteiger partial charge in [-0.15, -0.1) is 6.42 Å². The Labute approximate surface area is 190 Å². The summed E-state index contributed by atoms with van der Waals surface area (Å²) in [6.45, 7) is 4.10. The van der Waals surface area contributed by atoms with E-state index in [0.717, 1.165) is 5.56 Å². The molecule has 0 aliphatic carbocycles. The molecule has 0 aliphatic rings. The second kappa shape index (κ2) is 11.8. The molecule has 2 aromatic rings. The van der Waals surface area contributed by atoms with Crippen molar-refractivity contribution >= 4 is 46.9 Å². The molecule has 9 heteroatoms. The first kappa shape index (κ1) is 24.1. The zero-order chi connectivity index (χ0) is 22.8. The van der Waals surface area contributed by atoms with Gasteiger partial charge in [-0.25, -0.2) is 5.43 Å². The molecule has 0 unspecified atom stereocenters. The molecular formula is C22H21Cl2N3O4. The highest BCUT2D eigenvalue weighted by Crippen LogP contribution is 2.36. The molecule has 0 aromatic heterocycles. The van der Waals surface area contributed by atoms with Crippen LogP contribution in [0.3, 0.4) is 0 Å². The maximum atomic E-state index is 12.0. The van der Waals surface area contributed by atoms with E-state index >= 15 is 0 Å². The van der Waals surface area contributed by atoms with Gasteiger partial charge in [-0.3, -0.25) is 9.59 Å². The third-order valence-electron chi connectivity index (χ3n) is 3.81. The highest BCUT2D eigenvalue weighted by Gasteiger charge is 2.13. The number of hydrogen-bond acceptors (Lipinski definition) is 5. The molecular weight excluding hydrogens is 441 g/mol. The molecule has 0 saturated carbocycles. The maximum absolute atomic E-state index is 12.0. The van der Waals surface area contributed by atoms with Crippen molar-refractivity contribution in [3.8, 4) is 23.8 Å². The van der Waals surface area contributed by atoms with Gasteiger partial charge in [0, 0.05) is 10.7 Å². The van der Waals surface area contributed by atoms with Crippen LogP contribution < -0.4 is 20.2 Å². The van der Waals surface area contributed by atoms with Crippen LogP contribution in [-0.2, 0) is 9.59 Å². The highest BCUT2D eigenvalue weighted by molar-refractivity contribution is 6.32. The number of carbonyl (C=O) groups is 2. The number of nitrogens with zero attached hydrogens (tertiary/aromatic N) is 1. The molecule has 0 heterocycles. The number of hydrogen-bond donors (Lipinski definition) is 2. The van der Waals surface area contributed by atoms with Crippen molar-refractivity contribution < 1.29 is 19.1 Å². The van der Waals surface area contributed by atoms with Gasteiger partial charge >= 0.3 is 0 Å². The maximum Gasteiger partial charge on any atom is 0.249 e. The molecule has 0 saturated heterocycles. The number of anilines is 1. The van der Waals surface area contributed by atoms with Crippen LogP contribution in [-0.4, -0.2) is 31.2 Å². The van der Waals surface area contributed by atoms with Gasteiger partial charge in [-0.2, -0.15) is 5.10 Å². The summed E-state index contributed by atoms with van der Waals surface area (Å²) < 4.78 is 10.9. The summed E-state index contributed by atoms with van der Waals surface area (Å²) in [6, 6.07) is 8.31. The van der Waals surface area contributed by atoms with Crippen LogP contribution in [0.5, 0.6) is 11.5 Å². The Kier molecular flexibility index (Phi) is 9.19. The van der Waals surface area contributed by atoms with Crippen molar-refractivity contribution in [2.24, 2.45) is 5.10 Å². The summed E-state index contributed by atoms with van der Waals surface area (Å²) in [6.07, 6.45) is 6.17. The molecule has 162 valence electrons. The Morgan fingerprint density at radius 2 is 1.94 bits per heavy atom. The van der Waals surface area contributed by atoms with Crippen LogP contribution in [0, 0.1) is 19.3 Å². The average molecular weight is 462 g/mol. The lowest BCUT2D eigenvalue weighted by molar-refractivity contribution is -0.126. The van der Waals surface area contributed by atoms with E-state index in [1.165, 1.54) is 6.21 Å². The number of nitrogens with one attached hydrogen (secondary N) is 2.